The minimum atomic E-state index is 1.09. The van der Waals surface area contributed by atoms with Crippen molar-refractivity contribution in [3.05, 3.63) is 12.4 Å². The van der Waals surface area contributed by atoms with Crippen LogP contribution in [0.4, 0.5) is 0 Å². The molecule has 2 nitrogen and oxygen atoms in total. The maximum atomic E-state index is 3.27. The van der Waals surface area contributed by atoms with Gasteiger partial charge in [-0.2, -0.15) is 0 Å². The first kappa shape index (κ1) is 12.3. The number of hydrogen-bond donors (Lipinski definition) is 1. The zero-order valence-corrected chi connectivity index (χ0v) is 9.34. The van der Waals surface area contributed by atoms with E-state index < -0.39 is 0 Å². The van der Waals surface area contributed by atoms with Gasteiger partial charge in [0.2, 0.25) is 0 Å². The third-order valence-corrected chi connectivity index (χ3v) is 1.99. The number of nitrogens with one attached hydrogen (secondary N) is 1. The number of unbranched alkanes of at least 4 members (excludes halogenated alkanes) is 2. The van der Waals surface area contributed by atoms with Crippen LogP contribution in [-0.4, -0.2) is 25.0 Å². The van der Waals surface area contributed by atoms with Crippen LogP contribution in [0, 0.1) is 0 Å². The van der Waals surface area contributed by atoms with Crippen molar-refractivity contribution in [1.29, 1.82) is 0 Å². The van der Waals surface area contributed by atoms with Crippen molar-refractivity contribution in [2.45, 2.75) is 39.5 Å². The van der Waals surface area contributed by atoms with Crippen LogP contribution in [0.2, 0.25) is 0 Å². The highest BCUT2D eigenvalue weighted by atomic mass is 15.1. The molecule has 0 aromatic heterocycles. The monoisotopic (exact) mass is 184 g/mol. The minimum Gasteiger partial charge on any atom is -0.390 e. The van der Waals surface area contributed by atoms with Gasteiger partial charge in [0.05, 0.1) is 0 Å². The molecule has 1 N–H and O–H groups in total. The van der Waals surface area contributed by atoms with Gasteiger partial charge in [-0.15, -0.1) is 0 Å². The van der Waals surface area contributed by atoms with Crippen molar-refractivity contribution in [3.8, 4) is 0 Å². The van der Waals surface area contributed by atoms with Crippen LogP contribution in [0.1, 0.15) is 39.5 Å². The Labute approximate surface area is 83.0 Å². The third-order valence-electron chi connectivity index (χ3n) is 1.99. The molecule has 0 unspecified atom stereocenters. The Hall–Kier alpha value is -0.660. The summed E-state index contributed by atoms with van der Waals surface area (Å²) in [5.74, 6) is 0. The molecule has 0 heterocycles. The van der Waals surface area contributed by atoms with Crippen LogP contribution >= 0.6 is 0 Å². The third kappa shape index (κ3) is 9.25. The Bertz CT molecular complexity index is 121. The number of rotatable bonds is 8. The summed E-state index contributed by atoms with van der Waals surface area (Å²) in [6.45, 7) is 6.67. The van der Waals surface area contributed by atoms with Gasteiger partial charge in [0.25, 0.3) is 0 Å². The fourth-order valence-corrected chi connectivity index (χ4v) is 1.02. The summed E-state index contributed by atoms with van der Waals surface area (Å²) in [7, 11) is 2.12. The average Bonchev–Trinajstić information content (AvgIpc) is 2.14. The summed E-state index contributed by atoms with van der Waals surface area (Å²) in [6, 6.07) is 0. The van der Waals surface area contributed by atoms with Gasteiger partial charge in [-0.3, -0.25) is 0 Å². The first-order valence-electron chi connectivity index (χ1n) is 5.41. The number of nitrogens with zero attached hydrogens (tertiary/aromatic N) is 1. The van der Waals surface area contributed by atoms with Gasteiger partial charge in [-0.05, 0) is 12.8 Å². The predicted octanol–water partition coefficient (Wildman–Crippen LogP) is 2.58. The number of hydrogen-bond acceptors (Lipinski definition) is 2. The summed E-state index contributed by atoms with van der Waals surface area (Å²) in [5, 5.41) is 3.27. The van der Waals surface area contributed by atoms with Gasteiger partial charge in [0, 0.05) is 32.5 Å². The second kappa shape index (κ2) is 9.43. The Morgan fingerprint density at radius 3 is 2.46 bits per heavy atom. The van der Waals surface area contributed by atoms with Gasteiger partial charge in [-0.25, -0.2) is 0 Å². The summed E-state index contributed by atoms with van der Waals surface area (Å²) < 4.78 is 0. The Balaban J connectivity index is 3.25. The van der Waals surface area contributed by atoms with Crippen molar-refractivity contribution >= 4 is 0 Å². The van der Waals surface area contributed by atoms with Gasteiger partial charge in [0.15, 0.2) is 0 Å². The molecule has 0 saturated carbocycles. The zero-order valence-electron chi connectivity index (χ0n) is 9.34. The predicted molar refractivity (Wildman–Crippen MR) is 59.6 cm³/mol. The molecular weight excluding hydrogens is 160 g/mol. The van der Waals surface area contributed by atoms with Gasteiger partial charge in [0.1, 0.15) is 0 Å². The van der Waals surface area contributed by atoms with Crippen LogP contribution in [-0.2, 0) is 0 Å². The van der Waals surface area contributed by atoms with E-state index in [0.29, 0.717) is 0 Å². The lowest BCUT2D eigenvalue weighted by Gasteiger charge is -2.12. The van der Waals surface area contributed by atoms with E-state index in [4.69, 9.17) is 0 Å². The summed E-state index contributed by atoms with van der Waals surface area (Å²) in [5.41, 5.74) is 0. The van der Waals surface area contributed by atoms with E-state index in [0.717, 1.165) is 13.1 Å². The normalized spacial score (nSPS) is 10.7. The van der Waals surface area contributed by atoms with E-state index in [1.54, 1.807) is 0 Å². The van der Waals surface area contributed by atoms with E-state index in [-0.39, 0.29) is 0 Å². The topological polar surface area (TPSA) is 15.3 Å². The molecule has 0 aliphatic heterocycles. The minimum absolute atomic E-state index is 1.09. The lowest BCUT2D eigenvalue weighted by atomic mass is 10.3. The lowest BCUT2D eigenvalue weighted by molar-refractivity contribution is 0.438. The smallest absolute Gasteiger partial charge is 0.0169 e. The van der Waals surface area contributed by atoms with E-state index in [1.807, 2.05) is 6.20 Å². The fraction of sp³-hybridized carbons (Fsp3) is 0.818. The van der Waals surface area contributed by atoms with E-state index in [2.05, 4.69) is 37.3 Å². The molecule has 0 fully saturated rings. The molecule has 0 atom stereocenters. The standard InChI is InChI=1S/C11H24N2/c1-4-6-8-12-9-11-13(3)10-7-5-2/h9,11-12H,4-8,10H2,1-3H3/b11-9-. The molecule has 0 amide bonds. The van der Waals surface area contributed by atoms with Crippen molar-refractivity contribution in [1.82, 2.24) is 10.2 Å². The summed E-state index contributed by atoms with van der Waals surface area (Å²) in [6.07, 6.45) is 9.21. The fourth-order valence-electron chi connectivity index (χ4n) is 1.02. The maximum Gasteiger partial charge on any atom is 0.0169 e. The summed E-state index contributed by atoms with van der Waals surface area (Å²) in [4.78, 5) is 2.22. The second-order valence-electron chi connectivity index (χ2n) is 3.46. The lowest BCUT2D eigenvalue weighted by Crippen LogP contribution is -2.14. The van der Waals surface area contributed by atoms with Gasteiger partial charge in [-0.1, -0.05) is 26.7 Å². The molecule has 0 bridgehead atoms. The molecule has 0 aliphatic carbocycles. The van der Waals surface area contributed by atoms with E-state index in [1.165, 1.54) is 25.7 Å². The molecule has 0 spiro atoms. The Morgan fingerprint density at radius 1 is 1.15 bits per heavy atom. The molecule has 78 valence electrons. The Kier molecular flexibility index (Phi) is 8.95. The largest absolute Gasteiger partial charge is 0.390 e. The molecule has 0 saturated heterocycles. The zero-order chi connectivity index (χ0) is 9.94. The van der Waals surface area contributed by atoms with E-state index in [9.17, 15) is 0 Å². The van der Waals surface area contributed by atoms with Crippen LogP contribution < -0.4 is 5.32 Å². The molecule has 13 heavy (non-hydrogen) atoms. The van der Waals surface area contributed by atoms with Crippen LogP contribution in [0.5, 0.6) is 0 Å². The highest BCUT2D eigenvalue weighted by molar-refractivity contribution is 4.78. The van der Waals surface area contributed by atoms with Crippen LogP contribution in [0.3, 0.4) is 0 Å². The first-order valence-corrected chi connectivity index (χ1v) is 5.41. The van der Waals surface area contributed by atoms with Crippen molar-refractivity contribution in [3.63, 3.8) is 0 Å². The Morgan fingerprint density at radius 2 is 1.85 bits per heavy atom. The summed E-state index contributed by atoms with van der Waals surface area (Å²) >= 11 is 0. The van der Waals surface area contributed by atoms with E-state index >= 15 is 0 Å². The molecular formula is C11H24N2. The molecule has 0 radical (unpaired) electrons. The highest BCUT2D eigenvalue weighted by Crippen LogP contribution is 1.91. The SMILES string of the molecule is CCCCN/C=C\N(C)CCCC. The average molecular weight is 184 g/mol. The molecule has 0 aliphatic rings. The highest BCUT2D eigenvalue weighted by Gasteiger charge is 1.88. The second-order valence-corrected chi connectivity index (χ2v) is 3.46. The van der Waals surface area contributed by atoms with Crippen LogP contribution in [0.25, 0.3) is 0 Å². The van der Waals surface area contributed by atoms with Gasteiger partial charge < -0.3 is 10.2 Å². The molecule has 0 aromatic rings. The van der Waals surface area contributed by atoms with Crippen molar-refractivity contribution < 1.29 is 0 Å². The van der Waals surface area contributed by atoms with Crippen molar-refractivity contribution in [2.24, 2.45) is 0 Å². The molecule has 0 rings (SSSR count). The van der Waals surface area contributed by atoms with Crippen molar-refractivity contribution in [2.75, 3.05) is 20.1 Å². The van der Waals surface area contributed by atoms with Gasteiger partial charge >= 0.3 is 0 Å². The van der Waals surface area contributed by atoms with Crippen LogP contribution in [0.15, 0.2) is 12.4 Å². The molecule has 2 heteroatoms. The quantitative estimate of drug-likeness (QED) is 0.583. The maximum absolute atomic E-state index is 3.27. The first-order chi connectivity index (χ1) is 6.31. The molecule has 0 aromatic carbocycles.